The molecule has 1 amide bonds. The monoisotopic (exact) mass is 487 g/mol. The van der Waals surface area contributed by atoms with Crippen molar-refractivity contribution in [2.24, 2.45) is 11.8 Å². The first-order chi connectivity index (χ1) is 13.6. The molecule has 2 saturated heterocycles. The van der Waals surface area contributed by atoms with Crippen molar-refractivity contribution in [1.82, 2.24) is 10.2 Å². The van der Waals surface area contributed by atoms with Crippen LogP contribution in [0, 0.1) is 11.8 Å². The van der Waals surface area contributed by atoms with Crippen LogP contribution in [0.3, 0.4) is 0 Å². The number of hydrogen-bond acceptors (Lipinski definition) is 5. The van der Waals surface area contributed by atoms with E-state index in [0.29, 0.717) is 35.4 Å². The predicted octanol–water partition coefficient (Wildman–Crippen LogP) is 3.26. The third kappa shape index (κ3) is 5.37. The molecule has 162 valence electrons. The maximum Gasteiger partial charge on any atom is 0.255 e. The Balaban J connectivity index is 0.00000240. The van der Waals surface area contributed by atoms with E-state index in [1.807, 2.05) is 0 Å². The number of carbonyl (C=O) groups excluding carboxylic acids is 1. The molecule has 2 fully saturated rings. The lowest BCUT2D eigenvalue weighted by Crippen LogP contribution is -2.40. The fourth-order valence-electron chi connectivity index (χ4n) is 4.50. The van der Waals surface area contributed by atoms with Gasteiger partial charge in [-0.3, -0.25) is 4.79 Å². The lowest BCUT2D eigenvalue weighted by atomic mass is 9.95. The summed E-state index contributed by atoms with van der Waals surface area (Å²) in [6.07, 6.45) is 5.24. The molecule has 29 heavy (non-hydrogen) atoms. The van der Waals surface area contributed by atoms with Gasteiger partial charge in [-0.2, -0.15) is 0 Å². The summed E-state index contributed by atoms with van der Waals surface area (Å²) >= 11 is 3.49. The van der Waals surface area contributed by atoms with Gasteiger partial charge in [0.25, 0.3) is 5.91 Å². The molecular formula is C21H31BrClN3O3. The number of benzene rings is 1. The van der Waals surface area contributed by atoms with Gasteiger partial charge in [-0.15, -0.1) is 12.4 Å². The summed E-state index contributed by atoms with van der Waals surface area (Å²) in [5, 5.41) is 3.13. The van der Waals surface area contributed by atoms with Crippen molar-refractivity contribution >= 4 is 39.9 Å². The molecule has 1 atom stereocenters. The summed E-state index contributed by atoms with van der Waals surface area (Å²) in [6.45, 7) is 6.57. The van der Waals surface area contributed by atoms with Crippen LogP contribution in [0.25, 0.3) is 0 Å². The quantitative estimate of drug-likeness (QED) is 0.622. The largest absolute Gasteiger partial charge is 0.492 e. The van der Waals surface area contributed by atoms with E-state index in [1.165, 1.54) is 6.42 Å². The van der Waals surface area contributed by atoms with Crippen molar-refractivity contribution in [2.75, 3.05) is 51.7 Å². The average molecular weight is 489 g/mol. The molecule has 1 unspecified atom stereocenters. The summed E-state index contributed by atoms with van der Waals surface area (Å²) in [4.78, 5) is 15.4. The number of piperidine rings is 1. The van der Waals surface area contributed by atoms with E-state index in [0.717, 1.165) is 75.1 Å². The maximum absolute atomic E-state index is 12.8. The summed E-state index contributed by atoms with van der Waals surface area (Å²) < 4.78 is 12.1. The second-order valence-corrected chi connectivity index (χ2v) is 9.12. The van der Waals surface area contributed by atoms with Gasteiger partial charge in [0.05, 0.1) is 24.5 Å². The van der Waals surface area contributed by atoms with Gasteiger partial charge in [-0.25, -0.2) is 0 Å². The van der Waals surface area contributed by atoms with Gasteiger partial charge in [0.2, 0.25) is 0 Å². The van der Waals surface area contributed by atoms with Crippen molar-refractivity contribution < 1.29 is 14.3 Å². The van der Waals surface area contributed by atoms with Crippen LogP contribution in [-0.2, 0) is 11.2 Å². The number of ether oxygens (including phenoxy) is 2. The number of nitrogens with zero attached hydrogens (tertiary/aromatic N) is 1. The zero-order valence-electron chi connectivity index (χ0n) is 16.8. The van der Waals surface area contributed by atoms with Crippen molar-refractivity contribution in [3.8, 4) is 5.75 Å². The van der Waals surface area contributed by atoms with Crippen molar-refractivity contribution in [3.63, 3.8) is 0 Å². The van der Waals surface area contributed by atoms with Crippen LogP contribution in [0.15, 0.2) is 10.5 Å². The Morgan fingerprint density at radius 3 is 2.76 bits per heavy atom. The molecule has 3 aliphatic rings. The Bertz CT molecular complexity index is 720. The van der Waals surface area contributed by atoms with E-state index in [1.54, 1.807) is 6.07 Å². The molecule has 0 aliphatic carbocycles. The molecule has 0 spiro atoms. The number of amides is 1. The average Bonchev–Trinajstić information content (AvgIpc) is 3.23. The standard InChI is InChI=1S/C21H30BrN3O3.ClH/c22-18-10-17(20-16(19(18)23)2-1-8-28-20)21(26)24-11-14-3-6-25(7-4-14)12-15-5-9-27-13-15;/h10,14-15H,1-9,11-13,23H2,(H,24,26);1H. The minimum Gasteiger partial charge on any atom is -0.492 e. The highest BCUT2D eigenvalue weighted by molar-refractivity contribution is 9.10. The molecule has 3 aliphatic heterocycles. The number of fused-ring (bicyclic) bond motifs is 1. The first-order valence-electron chi connectivity index (χ1n) is 10.4. The van der Waals surface area contributed by atoms with Crippen molar-refractivity contribution in [2.45, 2.75) is 32.1 Å². The van der Waals surface area contributed by atoms with E-state index in [-0.39, 0.29) is 18.3 Å². The Labute approximate surface area is 187 Å². The van der Waals surface area contributed by atoms with Crippen LogP contribution in [-0.4, -0.2) is 56.8 Å². The molecule has 4 rings (SSSR count). The molecule has 1 aromatic carbocycles. The van der Waals surface area contributed by atoms with Crippen LogP contribution >= 0.6 is 28.3 Å². The fourth-order valence-corrected chi connectivity index (χ4v) is 4.97. The summed E-state index contributed by atoms with van der Waals surface area (Å²) in [6, 6.07) is 1.79. The first-order valence-corrected chi connectivity index (χ1v) is 11.2. The highest BCUT2D eigenvalue weighted by Crippen LogP contribution is 2.38. The molecule has 0 radical (unpaired) electrons. The first kappa shape index (κ1) is 22.7. The number of likely N-dealkylation sites (tertiary alicyclic amines) is 1. The van der Waals surface area contributed by atoms with Gasteiger partial charge in [0.15, 0.2) is 0 Å². The number of anilines is 1. The molecule has 3 heterocycles. The molecule has 0 saturated carbocycles. The highest BCUT2D eigenvalue weighted by Gasteiger charge is 2.26. The van der Waals surface area contributed by atoms with Gasteiger partial charge < -0.3 is 25.4 Å². The Morgan fingerprint density at radius 2 is 2.03 bits per heavy atom. The molecule has 8 heteroatoms. The summed E-state index contributed by atoms with van der Waals surface area (Å²) in [7, 11) is 0. The third-order valence-electron chi connectivity index (χ3n) is 6.23. The lowest BCUT2D eigenvalue weighted by Gasteiger charge is -2.33. The second kappa shape index (κ2) is 10.3. The lowest BCUT2D eigenvalue weighted by molar-refractivity contribution is 0.0926. The normalized spacial score (nSPS) is 22.4. The Morgan fingerprint density at radius 1 is 1.24 bits per heavy atom. The molecule has 3 N–H and O–H groups in total. The number of rotatable bonds is 5. The van der Waals surface area contributed by atoms with E-state index in [2.05, 4.69) is 26.1 Å². The number of carbonyl (C=O) groups is 1. The van der Waals surface area contributed by atoms with Crippen LogP contribution < -0.4 is 15.8 Å². The third-order valence-corrected chi connectivity index (χ3v) is 6.89. The number of nitrogen functional groups attached to an aromatic ring is 1. The molecule has 6 nitrogen and oxygen atoms in total. The van der Waals surface area contributed by atoms with E-state index in [4.69, 9.17) is 15.2 Å². The number of hydrogen-bond donors (Lipinski definition) is 2. The van der Waals surface area contributed by atoms with E-state index in [9.17, 15) is 4.79 Å². The Kier molecular flexibility index (Phi) is 8.07. The van der Waals surface area contributed by atoms with Crippen LogP contribution in [0.2, 0.25) is 0 Å². The predicted molar refractivity (Wildman–Crippen MR) is 120 cm³/mol. The van der Waals surface area contributed by atoms with Crippen molar-refractivity contribution in [1.29, 1.82) is 0 Å². The topological polar surface area (TPSA) is 76.8 Å². The van der Waals surface area contributed by atoms with Gasteiger partial charge in [0.1, 0.15) is 5.75 Å². The second-order valence-electron chi connectivity index (χ2n) is 8.26. The highest BCUT2D eigenvalue weighted by atomic mass is 79.9. The molecule has 1 aromatic rings. The zero-order chi connectivity index (χ0) is 19.5. The maximum atomic E-state index is 12.8. The smallest absolute Gasteiger partial charge is 0.255 e. The van der Waals surface area contributed by atoms with Gasteiger partial charge in [-0.05, 0) is 79.0 Å². The fraction of sp³-hybridized carbons (Fsp3) is 0.667. The van der Waals surface area contributed by atoms with Gasteiger partial charge in [0, 0.05) is 29.7 Å². The Hall–Kier alpha value is -1.02. The van der Waals surface area contributed by atoms with Crippen LogP contribution in [0.5, 0.6) is 5.75 Å². The van der Waals surface area contributed by atoms with Crippen LogP contribution in [0.4, 0.5) is 5.69 Å². The molecular weight excluding hydrogens is 458 g/mol. The SMILES string of the molecule is Cl.Nc1c(Br)cc(C(=O)NCC2CCN(CC3CCOC3)CC2)c2c1CCCO2. The van der Waals surface area contributed by atoms with Gasteiger partial charge in [-0.1, -0.05) is 0 Å². The zero-order valence-corrected chi connectivity index (χ0v) is 19.2. The molecule has 0 bridgehead atoms. The van der Waals surface area contributed by atoms with Crippen molar-refractivity contribution in [3.05, 3.63) is 21.7 Å². The van der Waals surface area contributed by atoms with Crippen LogP contribution in [0.1, 0.15) is 41.6 Å². The number of halogens is 2. The number of nitrogens with two attached hydrogens (primary N) is 1. The van der Waals surface area contributed by atoms with E-state index < -0.39 is 0 Å². The minimum absolute atomic E-state index is 0. The van der Waals surface area contributed by atoms with E-state index >= 15 is 0 Å². The summed E-state index contributed by atoms with van der Waals surface area (Å²) in [5.74, 6) is 1.84. The number of nitrogens with one attached hydrogen (secondary N) is 1. The summed E-state index contributed by atoms with van der Waals surface area (Å²) in [5.41, 5.74) is 8.40. The minimum atomic E-state index is -0.0654. The van der Waals surface area contributed by atoms with Gasteiger partial charge >= 0.3 is 0 Å². The molecule has 0 aromatic heterocycles.